The number of hydrogen-bond donors (Lipinski definition) is 2. The quantitative estimate of drug-likeness (QED) is 0.696. The Morgan fingerprint density at radius 2 is 1.69 bits per heavy atom. The first-order chi connectivity index (χ1) is 14.1. The molecule has 0 bridgehead atoms. The summed E-state index contributed by atoms with van der Waals surface area (Å²) in [6.45, 7) is 0. The van der Waals surface area contributed by atoms with Gasteiger partial charge in [0.25, 0.3) is 0 Å². The topological polar surface area (TPSA) is 94.5 Å². The zero-order valence-corrected chi connectivity index (χ0v) is 16.0. The monoisotopic (exact) mass is 392 g/mol. The Morgan fingerprint density at radius 3 is 2.31 bits per heavy atom. The second kappa shape index (κ2) is 7.67. The molecule has 2 N–H and O–H groups in total. The van der Waals surface area contributed by atoms with E-state index in [-0.39, 0.29) is 18.2 Å². The highest BCUT2D eigenvalue weighted by molar-refractivity contribution is 6.01. The molecule has 2 amide bonds. The Balaban J connectivity index is 1.59. The largest absolute Gasteiger partial charge is 0.497 e. The lowest BCUT2D eigenvalue weighted by molar-refractivity contribution is -0.125. The van der Waals surface area contributed by atoms with Crippen LogP contribution < -0.4 is 20.1 Å². The summed E-state index contributed by atoms with van der Waals surface area (Å²) in [5, 5.41) is 10.2. The van der Waals surface area contributed by atoms with E-state index in [4.69, 9.17) is 9.47 Å². The Labute approximate surface area is 167 Å². The molecule has 148 valence electrons. The van der Waals surface area contributed by atoms with Gasteiger partial charge in [-0.2, -0.15) is 5.10 Å². The molecule has 29 heavy (non-hydrogen) atoms. The molecule has 0 fully saturated rings. The number of anilines is 2. The van der Waals surface area contributed by atoms with Gasteiger partial charge in [0.05, 0.1) is 26.3 Å². The van der Waals surface area contributed by atoms with Gasteiger partial charge in [0.15, 0.2) is 0 Å². The van der Waals surface area contributed by atoms with Crippen molar-refractivity contribution in [2.75, 3.05) is 24.9 Å². The average Bonchev–Trinajstić information content (AvgIpc) is 3.17. The molecule has 2 heterocycles. The average molecular weight is 392 g/mol. The first-order valence-corrected chi connectivity index (χ1v) is 9.06. The van der Waals surface area contributed by atoms with Crippen molar-refractivity contribution in [3.8, 4) is 22.8 Å². The van der Waals surface area contributed by atoms with Crippen LogP contribution in [0.25, 0.3) is 11.3 Å². The van der Waals surface area contributed by atoms with Crippen LogP contribution in [0.4, 0.5) is 11.5 Å². The van der Waals surface area contributed by atoms with E-state index in [0.717, 1.165) is 11.3 Å². The summed E-state index contributed by atoms with van der Waals surface area (Å²) >= 11 is 0. The third-order valence-electron chi connectivity index (χ3n) is 4.72. The van der Waals surface area contributed by atoms with Crippen molar-refractivity contribution in [3.63, 3.8) is 0 Å². The lowest BCUT2D eigenvalue weighted by Crippen LogP contribution is -2.35. The van der Waals surface area contributed by atoms with Gasteiger partial charge in [0.1, 0.15) is 23.4 Å². The van der Waals surface area contributed by atoms with E-state index in [9.17, 15) is 9.59 Å². The maximum absolute atomic E-state index is 12.9. The number of aromatic nitrogens is 2. The molecule has 0 saturated carbocycles. The molecule has 1 atom stereocenters. The first-order valence-electron chi connectivity index (χ1n) is 9.06. The van der Waals surface area contributed by atoms with Crippen molar-refractivity contribution < 1.29 is 19.1 Å². The second-order valence-electron chi connectivity index (χ2n) is 6.57. The van der Waals surface area contributed by atoms with Gasteiger partial charge < -0.3 is 20.1 Å². The molecule has 0 unspecified atom stereocenters. The Bertz CT molecular complexity index is 1040. The number of ether oxygens (including phenoxy) is 2. The van der Waals surface area contributed by atoms with Crippen LogP contribution in [0.5, 0.6) is 11.5 Å². The van der Waals surface area contributed by atoms with Gasteiger partial charge in [-0.15, -0.1) is 0 Å². The molecule has 0 saturated heterocycles. The molecule has 0 spiro atoms. The lowest BCUT2D eigenvalue weighted by Gasteiger charge is -2.23. The van der Waals surface area contributed by atoms with Crippen LogP contribution >= 0.6 is 0 Å². The Kier molecular flexibility index (Phi) is 4.90. The van der Waals surface area contributed by atoms with Crippen molar-refractivity contribution in [3.05, 3.63) is 54.6 Å². The molecule has 2 aromatic carbocycles. The van der Waals surface area contributed by atoms with Crippen molar-refractivity contribution in [2.45, 2.75) is 12.5 Å². The molecule has 0 aliphatic carbocycles. The Hall–Kier alpha value is -3.81. The van der Waals surface area contributed by atoms with Gasteiger partial charge >= 0.3 is 0 Å². The molecule has 0 radical (unpaired) electrons. The maximum atomic E-state index is 12.9. The summed E-state index contributed by atoms with van der Waals surface area (Å²) in [6, 6.07) is 15.4. The van der Waals surface area contributed by atoms with E-state index in [1.807, 2.05) is 24.3 Å². The van der Waals surface area contributed by atoms with Crippen molar-refractivity contribution in [2.24, 2.45) is 0 Å². The molecule has 8 nitrogen and oxygen atoms in total. The summed E-state index contributed by atoms with van der Waals surface area (Å²) in [7, 11) is 3.18. The van der Waals surface area contributed by atoms with Crippen LogP contribution in [0.2, 0.25) is 0 Å². The highest BCUT2D eigenvalue weighted by Crippen LogP contribution is 2.31. The Morgan fingerprint density at radius 1 is 1.07 bits per heavy atom. The predicted octanol–water partition coefficient (Wildman–Crippen LogP) is 3.09. The number of benzene rings is 2. The molecular formula is C21H20N4O4. The highest BCUT2D eigenvalue weighted by Gasteiger charge is 2.32. The number of carbonyl (C=O) groups excluding carboxylic acids is 2. The van der Waals surface area contributed by atoms with Crippen LogP contribution in [0.15, 0.2) is 54.6 Å². The van der Waals surface area contributed by atoms with Gasteiger partial charge in [-0.25, -0.2) is 4.68 Å². The number of amides is 2. The fourth-order valence-electron chi connectivity index (χ4n) is 3.19. The minimum absolute atomic E-state index is 0.0126. The normalized spacial score (nSPS) is 15.2. The standard InChI is InChI=1S/C21H20N4O4/c1-28-15-7-3-13(4-8-15)17-11-19-23-20(26)12-18(25(19)24-17)21(27)22-14-5-9-16(29-2)10-6-14/h3-11,18H,12H2,1-2H3,(H,22,27)(H,23,26)/t18-/m0/s1. The molecule has 8 heteroatoms. The van der Waals surface area contributed by atoms with Gasteiger partial charge in [0, 0.05) is 17.3 Å². The number of methoxy groups -OCH3 is 2. The summed E-state index contributed by atoms with van der Waals surface area (Å²) < 4.78 is 11.9. The summed E-state index contributed by atoms with van der Waals surface area (Å²) in [5.74, 6) is 1.38. The minimum Gasteiger partial charge on any atom is -0.497 e. The van der Waals surface area contributed by atoms with E-state index < -0.39 is 6.04 Å². The van der Waals surface area contributed by atoms with Crippen LogP contribution in [-0.4, -0.2) is 35.8 Å². The van der Waals surface area contributed by atoms with Crippen molar-refractivity contribution >= 4 is 23.3 Å². The summed E-state index contributed by atoms with van der Waals surface area (Å²) in [5.41, 5.74) is 2.13. The zero-order valence-electron chi connectivity index (χ0n) is 16.0. The second-order valence-corrected chi connectivity index (χ2v) is 6.57. The van der Waals surface area contributed by atoms with Crippen LogP contribution in [0, 0.1) is 0 Å². The molecule has 1 aliphatic heterocycles. The van der Waals surface area contributed by atoms with Gasteiger partial charge in [-0.3, -0.25) is 9.59 Å². The third kappa shape index (κ3) is 3.77. The molecule has 4 rings (SSSR count). The fraction of sp³-hybridized carbons (Fsp3) is 0.190. The van der Waals surface area contributed by atoms with E-state index in [0.29, 0.717) is 22.9 Å². The van der Waals surface area contributed by atoms with Crippen molar-refractivity contribution in [1.29, 1.82) is 0 Å². The van der Waals surface area contributed by atoms with Crippen LogP contribution in [0.1, 0.15) is 12.5 Å². The number of hydrogen-bond acceptors (Lipinski definition) is 5. The molecule has 1 aromatic heterocycles. The molecule has 3 aromatic rings. The number of fused-ring (bicyclic) bond motifs is 1. The molecular weight excluding hydrogens is 372 g/mol. The van der Waals surface area contributed by atoms with Crippen LogP contribution in [0.3, 0.4) is 0 Å². The molecule has 1 aliphatic rings. The van der Waals surface area contributed by atoms with E-state index >= 15 is 0 Å². The number of carbonyl (C=O) groups is 2. The van der Waals surface area contributed by atoms with E-state index in [2.05, 4.69) is 15.7 Å². The SMILES string of the molecule is COc1ccc(NC(=O)[C@@H]2CC(=O)Nc3cc(-c4ccc(OC)cc4)nn32)cc1. The van der Waals surface area contributed by atoms with E-state index in [1.54, 1.807) is 49.2 Å². The lowest BCUT2D eigenvalue weighted by atomic mass is 10.1. The van der Waals surface area contributed by atoms with Gasteiger partial charge in [-0.1, -0.05) is 0 Å². The number of nitrogens with zero attached hydrogens (tertiary/aromatic N) is 2. The predicted molar refractivity (Wildman–Crippen MR) is 108 cm³/mol. The highest BCUT2D eigenvalue weighted by atomic mass is 16.5. The minimum atomic E-state index is -0.743. The zero-order chi connectivity index (χ0) is 20.4. The smallest absolute Gasteiger partial charge is 0.249 e. The first kappa shape index (κ1) is 18.5. The number of rotatable bonds is 5. The summed E-state index contributed by atoms with van der Waals surface area (Å²) in [4.78, 5) is 25.0. The van der Waals surface area contributed by atoms with E-state index in [1.165, 1.54) is 0 Å². The summed E-state index contributed by atoms with van der Waals surface area (Å²) in [6.07, 6.45) is 0.0126. The number of nitrogens with one attached hydrogen (secondary N) is 2. The maximum Gasteiger partial charge on any atom is 0.249 e. The third-order valence-corrected chi connectivity index (χ3v) is 4.72. The van der Waals surface area contributed by atoms with Crippen molar-refractivity contribution in [1.82, 2.24) is 9.78 Å². The van der Waals surface area contributed by atoms with Crippen LogP contribution in [-0.2, 0) is 9.59 Å². The van der Waals surface area contributed by atoms with Gasteiger partial charge in [0.2, 0.25) is 11.8 Å². The van der Waals surface area contributed by atoms with Gasteiger partial charge in [-0.05, 0) is 48.5 Å². The fourth-order valence-corrected chi connectivity index (χ4v) is 3.19.